The second kappa shape index (κ2) is 8.10. The van der Waals surface area contributed by atoms with Crippen LogP contribution in [0.3, 0.4) is 0 Å². The van der Waals surface area contributed by atoms with Crippen molar-refractivity contribution in [1.29, 1.82) is 0 Å². The van der Waals surface area contributed by atoms with Gasteiger partial charge in [-0.05, 0) is 43.2 Å². The fraction of sp³-hybridized carbons (Fsp3) is 0.350. The van der Waals surface area contributed by atoms with Crippen LogP contribution in [0.4, 0.5) is 10.2 Å². The van der Waals surface area contributed by atoms with Gasteiger partial charge in [-0.2, -0.15) is 0 Å². The van der Waals surface area contributed by atoms with Crippen LogP contribution in [0.25, 0.3) is 22.0 Å². The first-order valence-electron chi connectivity index (χ1n) is 9.63. The largest absolute Gasteiger partial charge is 0.360 e. The van der Waals surface area contributed by atoms with Gasteiger partial charge in [-0.3, -0.25) is 0 Å². The second-order valence-corrected chi connectivity index (χ2v) is 9.16. The van der Waals surface area contributed by atoms with Crippen molar-refractivity contribution in [2.45, 2.75) is 18.9 Å². The number of hydrogen-bond donors (Lipinski definition) is 3. The maximum atomic E-state index is 13.4. The minimum absolute atomic E-state index is 0.0449. The Morgan fingerprint density at radius 1 is 1.24 bits per heavy atom. The fourth-order valence-electron chi connectivity index (χ4n) is 3.76. The molecular weight excluding hydrogens is 393 g/mol. The summed E-state index contributed by atoms with van der Waals surface area (Å²) in [6, 6.07) is 8.61. The molecule has 9 heteroatoms. The van der Waals surface area contributed by atoms with E-state index in [1.807, 2.05) is 24.5 Å². The van der Waals surface area contributed by atoms with Crippen molar-refractivity contribution < 1.29 is 12.8 Å². The Kier molecular flexibility index (Phi) is 5.53. The number of hydrogen-bond acceptors (Lipinski definition) is 5. The minimum atomic E-state index is -3.30. The average Bonchev–Trinajstić information content (AvgIpc) is 3.11. The molecule has 1 aliphatic rings. The van der Waals surface area contributed by atoms with E-state index in [2.05, 4.69) is 19.6 Å². The lowest BCUT2D eigenvalue weighted by Crippen LogP contribution is -2.46. The Morgan fingerprint density at radius 3 is 2.72 bits per heavy atom. The zero-order valence-electron chi connectivity index (χ0n) is 15.9. The van der Waals surface area contributed by atoms with E-state index in [1.54, 1.807) is 6.07 Å². The molecule has 3 aromatic rings. The summed E-state index contributed by atoms with van der Waals surface area (Å²) < 4.78 is 39.9. The molecule has 1 aromatic carbocycles. The normalized spacial score (nSPS) is 15.9. The number of nitrogens with zero attached hydrogens (tertiary/aromatic N) is 2. The van der Waals surface area contributed by atoms with E-state index in [0.717, 1.165) is 53.8 Å². The monoisotopic (exact) mass is 417 g/mol. The van der Waals surface area contributed by atoms with Crippen molar-refractivity contribution in [1.82, 2.24) is 14.7 Å². The Bertz CT molecular complexity index is 1090. The predicted molar refractivity (Wildman–Crippen MR) is 113 cm³/mol. The molecule has 0 saturated carbocycles. The Hall–Kier alpha value is -2.49. The van der Waals surface area contributed by atoms with Crippen LogP contribution in [0, 0.1) is 5.82 Å². The molecule has 154 valence electrons. The van der Waals surface area contributed by atoms with Gasteiger partial charge >= 0.3 is 0 Å². The summed E-state index contributed by atoms with van der Waals surface area (Å²) in [6.45, 7) is 1.58. The van der Waals surface area contributed by atoms with E-state index in [9.17, 15) is 12.8 Å². The van der Waals surface area contributed by atoms with Gasteiger partial charge in [-0.15, -0.1) is 0 Å². The lowest BCUT2D eigenvalue weighted by atomic mass is 10.1. The molecule has 0 amide bonds. The quantitative estimate of drug-likeness (QED) is 0.571. The maximum Gasteiger partial charge on any atom is 0.213 e. The summed E-state index contributed by atoms with van der Waals surface area (Å²) >= 11 is 0. The summed E-state index contributed by atoms with van der Waals surface area (Å²) in [6.07, 6.45) is 5.12. The van der Waals surface area contributed by atoms with Crippen LogP contribution in [-0.4, -0.2) is 49.8 Å². The Balaban J connectivity index is 1.42. The number of piperidine rings is 1. The summed E-state index contributed by atoms with van der Waals surface area (Å²) in [5.41, 5.74) is 8.03. The first-order valence-corrected chi connectivity index (χ1v) is 11.3. The van der Waals surface area contributed by atoms with Crippen molar-refractivity contribution in [2.24, 2.45) is 5.73 Å². The van der Waals surface area contributed by atoms with Crippen molar-refractivity contribution in [2.75, 3.05) is 30.3 Å². The van der Waals surface area contributed by atoms with Gasteiger partial charge < -0.3 is 15.6 Å². The van der Waals surface area contributed by atoms with Gasteiger partial charge in [0.15, 0.2) is 0 Å². The number of nitrogens with two attached hydrogens (primary N) is 1. The Morgan fingerprint density at radius 2 is 2.03 bits per heavy atom. The van der Waals surface area contributed by atoms with Gasteiger partial charge in [0, 0.05) is 60.1 Å². The number of halogens is 1. The third-order valence-electron chi connectivity index (χ3n) is 5.25. The van der Waals surface area contributed by atoms with Crippen LogP contribution in [-0.2, 0) is 10.0 Å². The molecule has 0 bridgehead atoms. The SMILES string of the molecule is NCCS(=O)(=O)NC1CCN(c2ccc(-c3c[nH]c4cc(F)ccc34)cn2)CC1. The van der Waals surface area contributed by atoms with Crippen molar-refractivity contribution >= 4 is 26.7 Å². The summed E-state index contributed by atoms with van der Waals surface area (Å²) in [7, 11) is -3.30. The maximum absolute atomic E-state index is 13.4. The molecule has 7 nitrogen and oxygen atoms in total. The van der Waals surface area contributed by atoms with Crippen molar-refractivity contribution in [3.05, 3.63) is 48.5 Å². The van der Waals surface area contributed by atoms with E-state index in [1.165, 1.54) is 12.1 Å². The molecule has 1 saturated heterocycles. The number of benzene rings is 1. The van der Waals surface area contributed by atoms with E-state index in [-0.39, 0.29) is 24.2 Å². The third kappa shape index (κ3) is 4.42. The van der Waals surface area contributed by atoms with Gasteiger partial charge in [0.25, 0.3) is 0 Å². The summed E-state index contributed by atoms with van der Waals surface area (Å²) in [4.78, 5) is 9.85. The molecule has 0 radical (unpaired) electrons. The molecule has 0 atom stereocenters. The number of aromatic amines is 1. The zero-order chi connectivity index (χ0) is 20.4. The zero-order valence-corrected chi connectivity index (χ0v) is 16.8. The van der Waals surface area contributed by atoms with Crippen LogP contribution in [0.1, 0.15) is 12.8 Å². The number of H-pyrrole nitrogens is 1. The Labute approximate surface area is 169 Å². The lowest BCUT2D eigenvalue weighted by Gasteiger charge is -2.33. The summed E-state index contributed by atoms with van der Waals surface area (Å²) in [5.74, 6) is 0.549. The molecule has 0 aliphatic carbocycles. The number of pyridine rings is 1. The highest BCUT2D eigenvalue weighted by molar-refractivity contribution is 7.89. The number of aromatic nitrogens is 2. The molecule has 3 heterocycles. The van der Waals surface area contributed by atoms with E-state index >= 15 is 0 Å². The molecule has 4 rings (SSSR count). The topological polar surface area (TPSA) is 104 Å². The number of fused-ring (bicyclic) bond motifs is 1. The number of sulfonamides is 1. The fourth-order valence-corrected chi connectivity index (χ4v) is 4.94. The van der Waals surface area contributed by atoms with Crippen LogP contribution in [0.2, 0.25) is 0 Å². The molecule has 0 unspecified atom stereocenters. The molecule has 29 heavy (non-hydrogen) atoms. The highest BCUT2D eigenvalue weighted by Crippen LogP contribution is 2.30. The molecule has 2 aromatic heterocycles. The van der Waals surface area contributed by atoms with Crippen molar-refractivity contribution in [3.8, 4) is 11.1 Å². The van der Waals surface area contributed by atoms with E-state index in [0.29, 0.717) is 0 Å². The second-order valence-electron chi connectivity index (χ2n) is 7.28. The highest BCUT2D eigenvalue weighted by Gasteiger charge is 2.23. The highest BCUT2D eigenvalue weighted by atomic mass is 32.2. The first-order chi connectivity index (χ1) is 13.9. The molecule has 0 spiro atoms. The standard InChI is InChI=1S/C20H24FN5O2S/c21-15-2-3-17-18(13-23-19(17)11-15)14-1-4-20(24-12-14)26-8-5-16(6-9-26)25-29(27,28)10-7-22/h1-4,11-13,16,23,25H,5-10,22H2. The van der Waals surface area contributed by atoms with Crippen LogP contribution in [0.5, 0.6) is 0 Å². The number of nitrogens with one attached hydrogen (secondary N) is 2. The summed E-state index contributed by atoms with van der Waals surface area (Å²) in [5, 5.41) is 0.950. The smallest absolute Gasteiger partial charge is 0.213 e. The molecular formula is C20H24FN5O2S. The van der Waals surface area contributed by atoms with Crippen LogP contribution < -0.4 is 15.4 Å². The first kappa shape index (κ1) is 19.8. The van der Waals surface area contributed by atoms with E-state index in [4.69, 9.17) is 5.73 Å². The van der Waals surface area contributed by atoms with Gasteiger partial charge in [0.2, 0.25) is 10.0 Å². The molecule has 4 N–H and O–H groups in total. The molecule has 1 fully saturated rings. The van der Waals surface area contributed by atoms with Gasteiger partial charge in [-0.1, -0.05) is 0 Å². The number of anilines is 1. The number of rotatable bonds is 6. The van der Waals surface area contributed by atoms with Gasteiger partial charge in [0.1, 0.15) is 11.6 Å². The predicted octanol–water partition coefficient (Wildman–Crippen LogP) is 2.22. The van der Waals surface area contributed by atoms with E-state index < -0.39 is 10.0 Å². The van der Waals surface area contributed by atoms with Crippen LogP contribution in [0.15, 0.2) is 42.7 Å². The van der Waals surface area contributed by atoms with Crippen molar-refractivity contribution in [3.63, 3.8) is 0 Å². The molecule has 1 aliphatic heterocycles. The van der Waals surface area contributed by atoms with Gasteiger partial charge in [0.05, 0.1) is 5.75 Å². The minimum Gasteiger partial charge on any atom is -0.360 e. The third-order valence-corrected chi connectivity index (χ3v) is 6.72. The van der Waals surface area contributed by atoms with Crippen LogP contribution >= 0.6 is 0 Å². The lowest BCUT2D eigenvalue weighted by molar-refractivity contribution is 0.458. The average molecular weight is 418 g/mol. The van der Waals surface area contributed by atoms with Gasteiger partial charge in [-0.25, -0.2) is 22.5 Å².